The summed E-state index contributed by atoms with van der Waals surface area (Å²) in [6.45, 7) is 18.5. The average molecular weight is 1580 g/mol. The zero-order valence-electron chi connectivity index (χ0n) is 90.6. The number of anilines is 7. The number of nitrogens with zero attached hydrogens (tertiary/aromatic N) is 4. The number of furan rings is 1. The van der Waals surface area contributed by atoms with E-state index in [1.165, 1.54) is 9.13 Å². The molecule has 121 heavy (non-hydrogen) atoms. The van der Waals surface area contributed by atoms with Gasteiger partial charge in [0.1, 0.15) is 11.2 Å². The maximum atomic E-state index is 10.8. The van der Waals surface area contributed by atoms with Gasteiger partial charge < -0.3 is 29.1 Å². The monoisotopic (exact) mass is 1580 g/mol. The van der Waals surface area contributed by atoms with Crippen LogP contribution in [0.3, 0.4) is 0 Å². The van der Waals surface area contributed by atoms with Crippen LogP contribution in [-0.2, 0) is 16.2 Å². The Hall–Kier alpha value is -14.4. The summed E-state index contributed by atoms with van der Waals surface area (Å²) >= 11 is 0. The molecule has 0 spiro atoms. The van der Waals surface area contributed by atoms with E-state index in [4.69, 9.17) is 18.4 Å². The van der Waals surface area contributed by atoms with Gasteiger partial charge in [-0.3, -0.25) is 0 Å². The van der Waals surface area contributed by atoms with E-state index in [1.54, 1.807) is 12.1 Å². The predicted molar refractivity (Wildman–Crippen MR) is 514 cm³/mol. The molecule has 3 aliphatic rings. The molecule has 0 unspecified atom stereocenters. The SMILES string of the molecule is [2H]c1c([2H])c([2H])c(-c2c([2H])c([2H])c3c(c2[2H])c2c([2H])c([2H])c([2H])c([2H])c2n3-c2ccc3c(c2)N2c4cc(C(C)(C)C)cc5c4B3c3ccc(-n4c6c([2H])c([2H])c(N)c([2H])c6c6c([2H])c([2H])c(-c7c([2H])c([2H])c([2H])c([2H])c7[2H])c([2H])c64)cc3N5c3c(-c4ccccc4)cc(C(C)(C)C)cc3-c3cccc(c3)-c3ccc4oc5ccc(cc5c4c3)-c3cccc(c3)-c3cc(C(C)(C)C)cc(-c4ccccc4)c32)c([2H])c1[2H]. The summed E-state index contributed by atoms with van der Waals surface area (Å²) in [6, 6.07) is 58.7. The van der Waals surface area contributed by atoms with Crippen LogP contribution in [0, 0.1) is 0 Å². The highest BCUT2D eigenvalue weighted by atomic mass is 16.3. The molecular weight excluding hydrogens is 1470 g/mol. The van der Waals surface area contributed by atoms with E-state index >= 15 is 0 Å². The number of hydrogen-bond donors (Lipinski definition) is 1. The van der Waals surface area contributed by atoms with E-state index in [2.05, 4.69) is 206 Å². The van der Waals surface area contributed by atoms with E-state index in [1.807, 2.05) is 72.8 Å². The van der Waals surface area contributed by atoms with Gasteiger partial charge in [-0.05, 0) is 255 Å². The Morgan fingerprint density at radius 2 is 0.702 bits per heavy atom. The normalized spacial score (nSPS) is 15.6. The lowest BCUT2D eigenvalue weighted by atomic mass is 9.33. The molecule has 0 saturated heterocycles. The van der Waals surface area contributed by atoms with Crippen molar-refractivity contribution in [1.29, 1.82) is 0 Å². The molecule has 13 bridgehead atoms. The highest BCUT2D eigenvalue weighted by Crippen LogP contribution is 2.57. The van der Waals surface area contributed by atoms with Crippen molar-refractivity contribution in [2.24, 2.45) is 0 Å². The van der Waals surface area contributed by atoms with Crippen LogP contribution < -0.4 is 31.9 Å². The minimum absolute atomic E-state index is 0.163. The molecule has 0 amide bonds. The zero-order chi connectivity index (χ0) is 102. The van der Waals surface area contributed by atoms with E-state index < -0.39 is 190 Å². The molecular formula is C114H88BN5O. The highest BCUT2D eigenvalue weighted by molar-refractivity contribution is 7.00. The van der Waals surface area contributed by atoms with Gasteiger partial charge in [-0.25, -0.2) is 0 Å². The van der Waals surface area contributed by atoms with Crippen molar-refractivity contribution in [3.63, 3.8) is 0 Å². The summed E-state index contributed by atoms with van der Waals surface area (Å²) in [4.78, 5) is 4.58. The molecule has 7 heteroatoms. The van der Waals surface area contributed by atoms with Crippen LogP contribution in [0.25, 0.3) is 166 Å². The van der Waals surface area contributed by atoms with Gasteiger partial charge in [0.05, 0.1) is 65.0 Å². The van der Waals surface area contributed by atoms with Crippen molar-refractivity contribution in [2.75, 3.05) is 15.5 Å². The Kier molecular flexibility index (Phi) is 11.5. The first-order chi connectivity index (χ1) is 68.4. The lowest BCUT2D eigenvalue weighted by Crippen LogP contribution is -2.61. The predicted octanol–water partition coefficient (Wildman–Crippen LogP) is 29.0. The molecule has 6 heterocycles. The molecule has 578 valence electrons. The van der Waals surface area contributed by atoms with Crippen molar-refractivity contribution < 1.29 is 35.9 Å². The number of para-hydroxylation sites is 1. The summed E-state index contributed by atoms with van der Waals surface area (Å²) < 4.78 is 232. The first-order valence-corrected chi connectivity index (χ1v) is 40.6. The molecule has 2 N–H and O–H groups in total. The Morgan fingerprint density at radius 3 is 1.22 bits per heavy atom. The van der Waals surface area contributed by atoms with Crippen LogP contribution >= 0.6 is 0 Å². The molecule has 0 atom stereocenters. The van der Waals surface area contributed by atoms with E-state index in [0.717, 1.165) is 99.7 Å². The second kappa shape index (κ2) is 26.8. The molecule has 0 fully saturated rings. The summed E-state index contributed by atoms with van der Waals surface area (Å²) in [5, 5.41) is 0.843. The fraction of sp³-hybridized carbons (Fsp3) is 0.105. The summed E-state index contributed by atoms with van der Waals surface area (Å²) in [7, 11) is 0. The second-order valence-corrected chi connectivity index (χ2v) is 34.9. The topological polar surface area (TPSA) is 55.5 Å². The average Bonchev–Trinajstić information content (AvgIpc) is 1.68. The number of hydrogen-bond acceptors (Lipinski definition) is 4. The van der Waals surface area contributed by atoms with Gasteiger partial charge in [-0.1, -0.05) is 280 Å². The van der Waals surface area contributed by atoms with Crippen molar-refractivity contribution in [2.45, 2.75) is 78.6 Å². The third kappa shape index (κ3) is 11.5. The summed E-state index contributed by atoms with van der Waals surface area (Å²) in [6.07, 6.45) is 0. The Balaban J connectivity index is 0.949. The van der Waals surface area contributed by atoms with E-state index in [-0.39, 0.29) is 55.0 Å². The van der Waals surface area contributed by atoms with Crippen molar-refractivity contribution in [3.8, 4) is 100 Å². The van der Waals surface area contributed by atoms with Gasteiger partial charge >= 0.3 is 0 Å². The van der Waals surface area contributed by atoms with Gasteiger partial charge in [-0.15, -0.1) is 0 Å². The molecule has 3 aromatic heterocycles. The number of benzene rings is 17. The third-order valence-electron chi connectivity index (χ3n) is 24.4. The second-order valence-electron chi connectivity index (χ2n) is 34.9. The van der Waals surface area contributed by atoms with Crippen LogP contribution in [0.15, 0.2) is 362 Å². The first kappa shape index (κ1) is 51.7. The first-order valence-electron chi connectivity index (χ1n) is 52.1. The van der Waals surface area contributed by atoms with Crippen molar-refractivity contribution >= 4 is 128 Å². The maximum absolute atomic E-state index is 10.8. The van der Waals surface area contributed by atoms with Gasteiger partial charge in [0.15, 0.2) is 0 Å². The summed E-state index contributed by atoms with van der Waals surface area (Å²) in [5.74, 6) is 0. The van der Waals surface area contributed by atoms with Crippen LogP contribution in [0.5, 0.6) is 0 Å². The summed E-state index contributed by atoms with van der Waals surface area (Å²) in [5.41, 5.74) is 21.0. The molecule has 17 aromatic carbocycles. The number of fused-ring (bicyclic) bond motifs is 26. The van der Waals surface area contributed by atoms with Gasteiger partial charge in [0.2, 0.25) is 0 Å². The molecule has 20 aromatic rings. The molecule has 0 aliphatic carbocycles. The quantitative estimate of drug-likeness (QED) is 0.133. The number of aromatic nitrogens is 2. The minimum Gasteiger partial charge on any atom is -0.456 e. The van der Waals surface area contributed by atoms with Crippen molar-refractivity contribution in [1.82, 2.24) is 9.13 Å². The molecule has 23 rings (SSSR count). The van der Waals surface area contributed by atoms with Gasteiger partial charge in [-0.2, -0.15) is 0 Å². The largest absolute Gasteiger partial charge is 0.456 e. The fourth-order valence-electron chi connectivity index (χ4n) is 18.4. The smallest absolute Gasteiger partial charge is 0.252 e. The zero-order valence-corrected chi connectivity index (χ0v) is 67.6. The number of rotatable bonds is 6. The van der Waals surface area contributed by atoms with Crippen LogP contribution in [0.2, 0.25) is 0 Å². The maximum Gasteiger partial charge on any atom is 0.252 e. The lowest BCUT2D eigenvalue weighted by Gasteiger charge is -2.47. The number of nitrogens with two attached hydrogens (primary N) is 1. The molecule has 0 radical (unpaired) electrons. The Bertz CT molecular complexity index is 9080. The molecule has 6 nitrogen and oxygen atoms in total. The van der Waals surface area contributed by atoms with Crippen LogP contribution in [0.1, 0.15) is 111 Å². The van der Waals surface area contributed by atoms with Crippen LogP contribution in [0.4, 0.5) is 39.8 Å². The van der Waals surface area contributed by atoms with Crippen molar-refractivity contribution in [3.05, 3.63) is 374 Å². The highest BCUT2D eigenvalue weighted by Gasteiger charge is 2.47. The molecule has 3 aliphatic heterocycles. The standard InChI is InChI=1S/C114H88BN5O/c1-112(2,3)81-60-89(71-30-18-12-19-31-71)110-91(62-81)79-36-24-34-73(54-79)76-42-52-107-95(57-76)96-58-77(43-53-108(96)121-107)74-35-25-37-80(55-74)92-63-82(113(4,5)6)61-90(72-32-20-13-21-33-72)111(92)120-104-68-86(118-101-51-44-84(116)66-94(101)88-47-40-78(59-102(88)118)70-28-16-11-17-29-70)46-49-98(104)115-97-48-45-85(67-103(97)119(110)105-64-83(114(7,8)9)65-106(120)109(105)115)117-99-39-23-22-38-87(99)93-56-75(41-50-100(93)117)69-26-14-10-15-27-69/h10-68H,116H2,1-9H3/i10D,11D,14D,15D,16D,17D,22D,23D,26D,27D,28D,29D,38D,39D,40D,41D,44D,47D,50D,51D,56D,59D,66D. The fourth-order valence-corrected chi connectivity index (χ4v) is 18.4. The van der Waals surface area contributed by atoms with Crippen LogP contribution in [-0.4, -0.2) is 15.8 Å². The van der Waals surface area contributed by atoms with Gasteiger partial charge in [0.25, 0.3) is 6.71 Å². The molecule has 0 saturated carbocycles. The van der Waals surface area contributed by atoms with E-state index in [9.17, 15) is 23.3 Å². The third-order valence-corrected chi connectivity index (χ3v) is 24.4. The minimum atomic E-state index is -0.955. The Morgan fingerprint density at radius 1 is 0.289 bits per heavy atom. The van der Waals surface area contributed by atoms with E-state index in [0.29, 0.717) is 56.2 Å². The Labute approximate surface area is 738 Å². The van der Waals surface area contributed by atoms with Gasteiger partial charge in [0, 0.05) is 94.4 Å². The lowest BCUT2D eigenvalue weighted by molar-refractivity contribution is 0.590. The number of nitrogen functional groups attached to an aromatic ring is 1.